The quantitative estimate of drug-likeness (QED) is 0.733. The fourth-order valence-corrected chi connectivity index (χ4v) is 1.80. The molecule has 0 unspecified atom stereocenters. The second kappa shape index (κ2) is 6.00. The van der Waals surface area contributed by atoms with Gasteiger partial charge in [0, 0.05) is 24.0 Å². The first kappa shape index (κ1) is 13.1. The lowest BCUT2D eigenvalue weighted by molar-refractivity contribution is 0.415. The summed E-state index contributed by atoms with van der Waals surface area (Å²) in [5.41, 5.74) is 1.88. The highest BCUT2D eigenvalue weighted by atomic mass is 16.5. The minimum Gasteiger partial charge on any atom is -0.497 e. The molecular weight excluding hydrogens is 266 g/mol. The van der Waals surface area contributed by atoms with Crippen LogP contribution in [0.4, 0.5) is 0 Å². The molecule has 0 radical (unpaired) electrons. The maximum atomic E-state index is 5.57. The van der Waals surface area contributed by atoms with Crippen molar-refractivity contribution in [2.75, 3.05) is 7.11 Å². The molecule has 0 aliphatic heterocycles. The Morgan fingerprint density at radius 3 is 2.43 bits per heavy atom. The van der Waals surface area contributed by atoms with Crippen molar-refractivity contribution >= 4 is 12.2 Å². The molecule has 5 nitrogen and oxygen atoms in total. The van der Waals surface area contributed by atoms with E-state index < -0.39 is 0 Å². The summed E-state index contributed by atoms with van der Waals surface area (Å²) >= 11 is 0. The predicted molar refractivity (Wildman–Crippen MR) is 79.5 cm³/mol. The Kier molecular flexibility index (Phi) is 3.73. The smallest absolute Gasteiger partial charge is 0.248 e. The van der Waals surface area contributed by atoms with Crippen LogP contribution in [0.15, 0.2) is 53.2 Å². The van der Waals surface area contributed by atoms with E-state index in [0.29, 0.717) is 11.8 Å². The monoisotopic (exact) mass is 279 g/mol. The van der Waals surface area contributed by atoms with E-state index in [4.69, 9.17) is 9.15 Å². The molecule has 21 heavy (non-hydrogen) atoms. The zero-order valence-electron chi connectivity index (χ0n) is 11.4. The first-order valence-electron chi connectivity index (χ1n) is 6.41. The third-order valence-electron chi connectivity index (χ3n) is 2.90. The van der Waals surface area contributed by atoms with E-state index in [9.17, 15) is 0 Å². The summed E-state index contributed by atoms with van der Waals surface area (Å²) in [6.07, 6.45) is 7.06. The van der Waals surface area contributed by atoms with Crippen molar-refractivity contribution in [3.8, 4) is 17.2 Å². The molecule has 2 heterocycles. The molecule has 0 aliphatic carbocycles. The molecule has 0 saturated carbocycles. The van der Waals surface area contributed by atoms with Gasteiger partial charge in [-0.2, -0.15) is 0 Å². The number of methoxy groups -OCH3 is 1. The van der Waals surface area contributed by atoms with E-state index in [1.807, 2.05) is 42.5 Å². The molecule has 104 valence electrons. The Morgan fingerprint density at radius 1 is 0.952 bits per heavy atom. The van der Waals surface area contributed by atoms with Crippen molar-refractivity contribution in [3.05, 3.63) is 60.2 Å². The SMILES string of the molecule is COc1ccc(/C=C/c2nnc(-c3ccncc3)o2)cc1. The Hall–Kier alpha value is -2.95. The van der Waals surface area contributed by atoms with Crippen LogP contribution in [0.3, 0.4) is 0 Å². The first-order chi connectivity index (χ1) is 10.3. The maximum absolute atomic E-state index is 5.57. The van der Waals surface area contributed by atoms with E-state index in [2.05, 4.69) is 15.2 Å². The van der Waals surface area contributed by atoms with E-state index in [1.165, 1.54) is 0 Å². The Bertz CT molecular complexity index is 734. The molecule has 0 fully saturated rings. The highest BCUT2D eigenvalue weighted by Gasteiger charge is 2.05. The van der Waals surface area contributed by atoms with Crippen LogP contribution in [0.2, 0.25) is 0 Å². The molecule has 0 spiro atoms. The average molecular weight is 279 g/mol. The largest absolute Gasteiger partial charge is 0.497 e. The topological polar surface area (TPSA) is 61.0 Å². The molecule has 0 aliphatic rings. The van der Waals surface area contributed by atoms with Crippen LogP contribution in [0.5, 0.6) is 5.75 Å². The number of ether oxygens (including phenoxy) is 1. The number of hydrogen-bond donors (Lipinski definition) is 0. The zero-order valence-corrected chi connectivity index (χ0v) is 11.4. The van der Waals surface area contributed by atoms with Crippen molar-refractivity contribution in [2.24, 2.45) is 0 Å². The van der Waals surface area contributed by atoms with Gasteiger partial charge in [-0.25, -0.2) is 0 Å². The fraction of sp³-hybridized carbons (Fsp3) is 0.0625. The van der Waals surface area contributed by atoms with Gasteiger partial charge < -0.3 is 9.15 Å². The van der Waals surface area contributed by atoms with Crippen LogP contribution in [0.25, 0.3) is 23.6 Å². The van der Waals surface area contributed by atoms with Gasteiger partial charge in [-0.05, 0) is 35.9 Å². The van der Waals surface area contributed by atoms with Crippen LogP contribution in [0, 0.1) is 0 Å². The number of rotatable bonds is 4. The molecule has 0 bridgehead atoms. The van der Waals surface area contributed by atoms with E-state index in [-0.39, 0.29) is 0 Å². The van der Waals surface area contributed by atoms with Gasteiger partial charge in [0.1, 0.15) is 5.75 Å². The van der Waals surface area contributed by atoms with Crippen molar-refractivity contribution < 1.29 is 9.15 Å². The standard InChI is InChI=1S/C16H13N3O2/c1-20-14-5-2-12(3-6-14)4-7-15-18-19-16(21-15)13-8-10-17-11-9-13/h2-11H,1H3/b7-4+. The number of hydrogen-bond acceptors (Lipinski definition) is 5. The summed E-state index contributed by atoms with van der Waals surface area (Å²) in [6, 6.07) is 11.4. The average Bonchev–Trinajstić information content (AvgIpc) is 3.03. The highest BCUT2D eigenvalue weighted by molar-refractivity contribution is 5.66. The molecule has 0 atom stereocenters. The van der Waals surface area contributed by atoms with Gasteiger partial charge in [-0.1, -0.05) is 12.1 Å². The summed E-state index contributed by atoms with van der Waals surface area (Å²) in [5.74, 6) is 1.76. The fourth-order valence-electron chi connectivity index (χ4n) is 1.80. The molecule has 0 amide bonds. The molecule has 2 aromatic heterocycles. The Balaban J connectivity index is 1.76. The van der Waals surface area contributed by atoms with Crippen LogP contribution < -0.4 is 4.74 Å². The third-order valence-corrected chi connectivity index (χ3v) is 2.90. The molecule has 3 aromatic rings. The van der Waals surface area contributed by atoms with Gasteiger partial charge in [-0.15, -0.1) is 10.2 Å². The molecule has 1 aromatic carbocycles. The molecular formula is C16H13N3O2. The predicted octanol–water partition coefficient (Wildman–Crippen LogP) is 3.31. The summed E-state index contributed by atoms with van der Waals surface area (Å²) in [5, 5.41) is 8.00. The minimum atomic E-state index is 0.456. The second-order valence-electron chi connectivity index (χ2n) is 4.29. The summed E-state index contributed by atoms with van der Waals surface area (Å²) < 4.78 is 10.7. The van der Waals surface area contributed by atoms with Gasteiger partial charge >= 0.3 is 0 Å². The zero-order chi connectivity index (χ0) is 14.5. The number of aromatic nitrogens is 3. The lowest BCUT2D eigenvalue weighted by Crippen LogP contribution is -1.81. The summed E-state index contributed by atoms with van der Waals surface area (Å²) in [6.45, 7) is 0. The number of nitrogens with zero attached hydrogens (tertiary/aromatic N) is 3. The van der Waals surface area contributed by atoms with Crippen molar-refractivity contribution in [3.63, 3.8) is 0 Å². The van der Waals surface area contributed by atoms with Gasteiger partial charge in [-0.3, -0.25) is 4.98 Å². The normalized spacial score (nSPS) is 10.9. The van der Waals surface area contributed by atoms with E-state index in [1.54, 1.807) is 25.6 Å². The lowest BCUT2D eigenvalue weighted by atomic mass is 10.2. The summed E-state index contributed by atoms with van der Waals surface area (Å²) in [4.78, 5) is 3.95. The second-order valence-corrected chi connectivity index (χ2v) is 4.29. The molecule has 0 saturated heterocycles. The van der Waals surface area contributed by atoms with Crippen LogP contribution in [0.1, 0.15) is 11.5 Å². The number of benzene rings is 1. The Morgan fingerprint density at radius 2 is 1.71 bits per heavy atom. The van der Waals surface area contributed by atoms with Crippen molar-refractivity contribution in [2.45, 2.75) is 0 Å². The van der Waals surface area contributed by atoms with Crippen molar-refractivity contribution in [1.29, 1.82) is 0 Å². The molecule has 5 heteroatoms. The third kappa shape index (κ3) is 3.14. The van der Waals surface area contributed by atoms with E-state index in [0.717, 1.165) is 16.9 Å². The van der Waals surface area contributed by atoms with Crippen molar-refractivity contribution in [1.82, 2.24) is 15.2 Å². The highest BCUT2D eigenvalue weighted by Crippen LogP contribution is 2.18. The molecule has 0 N–H and O–H groups in total. The number of pyridine rings is 1. The lowest BCUT2D eigenvalue weighted by Gasteiger charge is -1.98. The van der Waals surface area contributed by atoms with E-state index >= 15 is 0 Å². The maximum Gasteiger partial charge on any atom is 0.248 e. The minimum absolute atomic E-state index is 0.456. The van der Waals surface area contributed by atoms with Gasteiger partial charge in [0.2, 0.25) is 11.8 Å². The first-order valence-corrected chi connectivity index (χ1v) is 6.41. The van der Waals surface area contributed by atoms with Crippen LogP contribution in [-0.4, -0.2) is 22.3 Å². The Labute approximate surface area is 121 Å². The van der Waals surface area contributed by atoms with Crippen LogP contribution in [-0.2, 0) is 0 Å². The summed E-state index contributed by atoms with van der Waals surface area (Å²) in [7, 11) is 1.64. The van der Waals surface area contributed by atoms with Gasteiger partial charge in [0.05, 0.1) is 7.11 Å². The van der Waals surface area contributed by atoms with Gasteiger partial charge in [0.15, 0.2) is 0 Å². The molecule has 3 rings (SSSR count). The van der Waals surface area contributed by atoms with Gasteiger partial charge in [0.25, 0.3) is 0 Å². The van der Waals surface area contributed by atoms with Crippen LogP contribution >= 0.6 is 0 Å².